The fraction of sp³-hybridized carbons (Fsp3) is 0.455. The minimum Gasteiger partial charge on any atom is -0.384 e. The lowest BCUT2D eigenvalue weighted by Crippen LogP contribution is -2.27. The largest absolute Gasteiger partial charge is 0.384 e. The van der Waals surface area contributed by atoms with Crippen LogP contribution in [0.1, 0.15) is 19.3 Å². The summed E-state index contributed by atoms with van der Waals surface area (Å²) >= 11 is 0. The second-order valence-corrected chi connectivity index (χ2v) is 3.99. The van der Waals surface area contributed by atoms with Crippen LogP contribution in [-0.4, -0.2) is 23.5 Å². The van der Waals surface area contributed by atoms with Gasteiger partial charge in [-0.1, -0.05) is 0 Å². The zero-order chi connectivity index (χ0) is 11.4. The van der Waals surface area contributed by atoms with Crippen molar-refractivity contribution in [1.82, 2.24) is 10.3 Å². The van der Waals surface area contributed by atoms with Gasteiger partial charge in [0.15, 0.2) is 0 Å². The van der Waals surface area contributed by atoms with Crippen LogP contribution in [0.4, 0.5) is 11.5 Å². The molecule has 1 aliphatic carbocycles. The Balaban J connectivity index is 1.66. The highest BCUT2D eigenvalue weighted by atomic mass is 16.1. The third-order valence-electron chi connectivity index (χ3n) is 2.41. The molecule has 0 aromatic carbocycles. The quantitative estimate of drug-likeness (QED) is 0.684. The molecule has 0 atom stereocenters. The topological polar surface area (TPSA) is 80.0 Å². The van der Waals surface area contributed by atoms with Crippen molar-refractivity contribution in [3.63, 3.8) is 0 Å². The Hall–Kier alpha value is -1.78. The number of aromatic nitrogens is 1. The fourth-order valence-corrected chi connectivity index (χ4v) is 1.36. The van der Waals surface area contributed by atoms with Crippen LogP contribution in [0.15, 0.2) is 18.3 Å². The molecule has 0 unspecified atom stereocenters. The van der Waals surface area contributed by atoms with Crippen molar-refractivity contribution in [2.24, 2.45) is 0 Å². The van der Waals surface area contributed by atoms with Crippen LogP contribution in [0.25, 0.3) is 0 Å². The van der Waals surface area contributed by atoms with Crippen molar-refractivity contribution in [3.05, 3.63) is 18.3 Å². The average molecular weight is 220 g/mol. The number of nitrogens with zero attached hydrogens (tertiary/aromatic N) is 1. The Morgan fingerprint density at radius 3 is 2.94 bits per heavy atom. The number of rotatable bonds is 5. The van der Waals surface area contributed by atoms with Gasteiger partial charge in [-0.2, -0.15) is 0 Å². The number of amides is 1. The minimum absolute atomic E-state index is 0.110. The lowest BCUT2D eigenvalue weighted by molar-refractivity contribution is -0.120. The van der Waals surface area contributed by atoms with E-state index in [4.69, 9.17) is 5.73 Å². The van der Waals surface area contributed by atoms with Gasteiger partial charge in [-0.25, -0.2) is 4.98 Å². The van der Waals surface area contributed by atoms with Crippen molar-refractivity contribution in [3.8, 4) is 0 Å². The molecule has 1 aromatic rings. The van der Waals surface area contributed by atoms with Crippen LogP contribution in [0.3, 0.4) is 0 Å². The molecule has 0 saturated heterocycles. The Morgan fingerprint density at radius 1 is 1.50 bits per heavy atom. The fourth-order valence-electron chi connectivity index (χ4n) is 1.36. The van der Waals surface area contributed by atoms with Crippen molar-refractivity contribution in [2.75, 3.05) is 17.6 Å². The minimum atomic E-state index is 0.110. The summed E-state index contributed by atoms with van der Waals surface area (Å²) in [7, 11) is 0. The molecule has 0 spiro atoms. The van der Waals surface area contributed by atoms with Gasteiger partial charge in [0.2, 0.25) is 5.91 Å². The smallest absolute Gasteiger partial charge is 0.221 e. The Bertz CT molecular complexity index is 359. The molecule has 1 aliphatic rings. The van der Waals surface area contributed by atoms with Crippen molar-refractivity contribution >= 4 is 17.4 Å². The van der Waals surface area contributed by atoms with E-state index in [1.54, 1.807) is 12.3 Å². The summed E-state index contributed by atoms with van der Waals surface area (Å²) in [4.78, 5) is 15.3. The van der Waals surface area contributed by atoms with Gasteiger partial charge >= 0.3 is 0 Å². The molecule has 1 amide bonds. The third kappa shape index (κ3) is 3.42. The van der Waals surface area contributed by atoms with Gasteiger partial charge in [0.25, 0.3) is 0 Å². The average Bonchev–Trinajstić information content (AvgIpc) is 3.05. The molecule has 0 aliphatic heterocycles. The van der Waals surface area contributed by atoms with E-state index in [0.717, 1.165) is 18.5 Å². The van der Waals surface area contributed by atoms with E-state index in [9.17, 15) is 4.79 Å². The molecule has 86 valence electrons. The first-order valence-electron chi connectivity index (χ1n) is 5.49. The van der Waals surface area contributed by atoms with E-state index >= 15 is 0 Å². The molecule has 1 heterocycles. The summed E-state index contributed by atoms with van der Waals surface area (Å²) in [6.45, 7) is 0.615. The third-order valence-corrected chi connectivity index (χ3v) is 2.41. The van der Waals surface area contributed by atoms with Crippen LogP contribution in [0.5, 0.6) is 0 Å². The Morgan fingerprint density at radius 2 is 2.31 bits per heavy atom. The maximum atomic E-state index is 11.4. The van der Waals surface area contributed by atoms with Crippen LogP contribution in [0.2, 0.25) is 0 Å². The lowest BCUT2D eigenvalue weighted by Gasteiger charge is -2.06. The summed E-state index contributed by atoms with van der Waals surface area (Å²) in [5.41, 5.74) is 6.35. The molecular formula is C11H16N4O. The van der Waals surface area contributed by atoms with Crippen molar-refractivity contribution in [1.29, 1.82) is 0 Å². The number of nitrogens with one attached hydrogen (secondary N) is 2. The van der Waals surface area contributed by atoms with Crippen molar-refractivity contribution < 1.29 is 4.79 Å². The van der Waals surface area contributed by atoms with Crippen LogP contribution in [-0.2, 0) is 4.79 Å². The maximum Gasteiger partial charge on any atom is 0.221 e. The van der Waals surface area contributed by atoms with E-state index in [-0.39, 0.29) is 5.91 Å². The molecule has 0 bridgehead atoms. The van der Waals surface area contributed by atoms with E-state index in [2.05, 4.69) is 15.6 Å². The number of pyridine rings is 1. The lowest BCUT2D eigenvalue weighted by atomic mass is 10.3. The highest BCUT2D eigenvalue weighted by Crippen LogP contribution is 2.18. The van der Waals surface area contributed by atoms with Crippen LogP contribution >= 0.6 is 0 Å². The number of carbonyl (C=O) groups excluding carboxylic acids is 1. The number of carbonyl (C=O) groups is 1. The molecule has 4 N–H and O–H groups in total. The monoisotopic (exact) mass is 220 g/mol. The van der Waals surface area contributed by atoms with Crippen LogP contribution < -0.4 is 16.4 Å². The van der Waals surface area contributed by atoms with Crippen LogP contribution in [0, 0.1) is 0 Å². The van der Waals surface area contributed by atoms with Crippen molar-refractivity contribution in [2.45, 2.75) is 25.3 Å². The van der Waals surface area contributed by atoms with Gasteiger partial charge in [0.1, 0.15) is 5.82 Å². The second-order valence-electron chi connectivity index (χ2n) is 3.99. The number of anilines is 2. The maximum absolute atomic E-state index is 11.4. The first kappa shape index (κ1) is 10.7. The Labute approximate surface area is 94.4 Å². The van der Waals surface area contributed by atoms with Gasteiger partial charge in [-0.3, -0.25) is 4.79 Å². The zero-order valence-electron chi connectivity index (χ0n) is 9.07. The van der Waals surface area contributed by atoms with Gasteiger partial charge in [0.05, 0.1) is 11.9 Å². The molecule has 5 heteroatoms. The number of hydrogen-bond acceptors (Lipinski definition) is 4. The first-order valence-corrected chi connectivity index (χ1v) is 5.49. The predicted molar refractivity (Wildman–Crippen MR) is 62.9 cm³/mol. The highest BCUT2D eigenvalue weighted by Gasteiger charge is 2.22. The molecule has 16 heavy (non-hydrogen) atoms. The van der Waals surface area contributed by atoms with Gasteiger partial charge < -0.3 is 16.4 Å². The van der Waals surface area contributed by atoms with Gasteiger partial charge in [0, 0.05) is 19.0 Å². The Kier molecular flexibility index (Phi) is 3.24. The molecule has 1 saturated carbocycles. The predicted octanol–water partition coefficient (Wildman–Crippen LogP) is 0.744. The van der Waals surface area contributed by atoms with E-state index in [1.165, 1.54) is 0 Å². The normalized spacial score (nSPS) is 14.5. The van der Waals surface area contributed by atoms with E-state index in [1.807, 2.05) is 6.07 Å². The summed E-state index contributed by atoms with van der Waals surface area (Å²) in [5, 5.41) is 6.05. The molecular weight excluding hydrogens is 204 g/mol. The summed E-state index contributed by atoms with van der Waals surface area (Å²) in [6.07, 6.45) is 4.40. The summed E-state index contributed by atoms with van der Waals surface area (Å²) in [5.74, 6) is 0.607. The molecule has 2 rings (SSSR count). The molecule has 5 nitrogen and oxygen atoms in total. The SMILES string of the molecule is Nc1ccc(NCCC(=O)NC2CC2)cn1. The standard InChI is InChI=1S/C11H16N4O/c12-10-4-3-9(7-14-10)13-6-5-11(16)15-8-1-2-8/h3-4,7-8,13H,1-2,5-6H2,(H2,12,14)(H,15,16). The van der Waals surface area contributed by atoms with E-state index in [0.29, 0.717) is 24.8 Å². The van der Waals surface area contributed by atoms with Gasteiger partial charge in [-0.05, 0) is 25.0 Å². The number of hydrogen-bond donors (Lipinski definition) is 3. The zero-order valence-corrected chi connectivity index (χ0v) is 9.07. The molecule has 1 aromatic heterocycles. The molecule has 1 fully saturated rings. The number of nitrogens with two attached hydrogens (primary N) is 1. The number of nitrogen functional groups attached to an aromatic ring is 1. The first-order chi connectivity index (χ1) is 7.74. The summed E-state index contributed by atoms with van der Waals surface area (Å²) < 4.78 is 0. The van der Waals surface area contributed by atoms with E-state index < -0.39 is 0 Å². The second kappa shape index (κ2) is 4.83. The van der Waals surface area contributed by atoms with Gasteiger partial charge in [-0.15, -0.1) is 0 Å². The summed E-state index contributed by atoms with van der Waals surface area (Å²) in [6, 6.07) is 4.01. The molecule has 0 radical (unpaired) electrons. The highest BCUT2D eigenvalue weighted by molar-refractivity contribution is 5.77.